The minimum absolute atomic E-state index is 0.220. The predicted molar refractivity (Wildman–Crippen MR) is 153 cm³/mol. The van der Waals surface area contributed by atoms with E-state index in [0.717, 1.165) is 19.3 Å². The molecule has 39 heavy (non-hydrogen) atoms. The van der Waals surface area contributed by atoms with E-state index in [-0.39, 0.29) is 17.5 Å². The molecule has 0 aliphatic carbocycles. The molecule has 0 heterocycles. The van der Waals surface area contributed by atoms with Gasteiger partial charge in [-0.05, 0) is 78.6 Å². The van der Waals surface area contributed by atoms with Crippen LogP contribution in [0.5, 0.6) is 11.5 Å². The highest BCUT2D eigenvalue weighted by molar-refractivity contribution is 6.39. The Hall–Kier alpha value is -4.37. The van der Waals surface area contributed by atoms with Crippen molar-refractivity contribution in [1.29, 1.82) is 0 Å². The van der Waals surface area contributed by atoms with Gasteiger partial charge < -0.3 is 20.1 Å². The molecule has 3 aromatic carbocycles. The maximum atomic E-state index is 12.2. The average Bonchev–Trinajstić information content (AvgIpc) is 2.94. The minimum Gasteiger partial charge on any atom is -0.494 e. The van der Waals surface area contributed by atoms with Gasteiger partial charge in [0.2, 0.25) is 0 Å². The third-order valence-electron chi connectivity index (χ3n) is 5.43. The van der Waals surface area contributed by atoms with Crippen LogP contribution in [0.1, 0.15) is 37.8 Å². The summed E-state index contributed by atoms with van der Waals surface area (Å²) in [4.78, 5) is 36.4. The Morgan fingerprint density at radius 3 is 2.23 bits per heavy atom. The number of aryl methyl sites for hydroxylation is 1. The molecule has 3 aromatic rings. The first kappa shape index (κ1) is 29.2. The lowest BCUT2D eigenvalue weighted by molar-refractivity contribution is -0.136. The third kappa shape index (κ3) is 9.79. The van der Waals surface area contributed by atoms with E-state index in [9.17, 15) is 14.4 Å². The molecular formula is C29H31ClN4O5. The number of nitrogens with zero attached hydrogens (tertiary/aromatic N) is 1. The summed E-state index contributed by atoms with van der Waals surface area (Å²) in [5, 5.41) is 9.31. The Morgan fingerprint density at radius 2 is 1.56 bits per heavy atom. The number of hydrogen-bond acceptors (Lipinski definition) is 6. The van der Waals surface area contributed by atoms with Crippen LogP contribution >= 0.6 is 11.6 Å². The van der Waals surface area contributed by atoms with Gasteiger partial charge in [0, 0.05) is 11.4 Å². The molecule has 204 valence electrons. The molecule has 3 N–H and O–H groups in total. The third-order valence-corrected chi connectivity index (χ3v) is 5.72. The topological polar surface area (TPSA) is 118 Å². The van der Waals surface area contributed by atoms with Crippen molar-refractivity contribution in [3.8, 4) is 11.5 Å². The zero-order valence-corrected chi connectivity index (χ0v) is 22.6. The molecule has 0 fully saturated rings. The lowest BCUT2D eigenvalue weighted by Crippen LogP contribution is -2.32. The summed E-state index contributed by atoms with van der Waals surface area (Å²) >= 11 is 6.26. The van der Waals surface area contributed by atoms with E-state index >= 15 is 0 Å². The number of benzene rings is 3. The van der Waals surface area contributed by atoms with E-state index in [1.165, 1.54) is 11.8 Å². The number of carbonyl (C=O) groups excluding carboxylic acids is 3. The number of rotatable bonds is 12. The number of nitrogens with one attached hydrogen (secondary N) is 3. The highest BCUT2D eigenvalue weighted by atomic mass is 35.5. The molecule has 0 saturated heterocycles. The molecule has 0 saturated carbocycles. The number of unbranched alkanes of at least 4 members (excludes halogenated alkanes) is 1. The molecule has 0 aromatic heterocycles. The Bertz CT molecular complexity index is 1290. The molecule has 3 amide bonds. The summed E-state index contributed by atoms with van der Waals surface area (Å²) in [6, 6.07) is 19.1. The number of amides is 3. The van der Waals surface area contributed by atoms with Crippen LogP contribution in [0.3, 0.4) is 0 Å². The zero-order chi connectivity index (χ0) is 28.0. The van der Waals surface area contributed by atoms with Crippen LogP contribution in [0.25, 0.3) is 0 Å². The molecule has 0 atom stereocenters. The lowest BCUT2D eigenvalue weighted by atomic mass is 10.1. The van der Waals surface area contributed by atoms with Crippen LogP contribution in [-0.4, -0.2) is 37.1 Å². The summed E-state index contributed by atoms with van der Waals surface area (Å²) in [6.07, 6.45) is 4.24. The van der Waals surface area contributed by atoms with Gasteiger partial charge in [-0.15, -0.1) is 0 Å². The van der Waals surface area contributed by atoms with Gasteiger partial charge in [-0.1, -0.05) is 44.0 Å². The molecule has 0 radical (unpaired) electrons. The number of carbonyl (C=O) groups is 3. The summed E-state index contributed by atoms with van der Waals surface area (Å²) in [6.45, 7) is 4.54. The summed E-state index contributed by atoms with van der Waals surface area (Å²) < 4.78 is 11.1. The minimum atomic E-state index is -0.934. The SMILES string of the molecule is CCCCOc1ccc(NC(=O)C(=O)N/N=C\c2ccc(OCC(=O)Nc3ccc(CC)cc3)c(Cl)c2)cc1. The summed E-state index contributed by atoms with van der Waals surface area (Å²) in [5.41, 5.74) is 5.03. The second kappa shape index (κ2) is 15.1. The fraction of sp³-hybridized carbons (Fsp3) is 0.241. The summed E-state index contributed by atoms with van der Waals surface area (Å²) in [7, 11) is 0. The Kier molecular flexibility index (Phi) is 11.3. The van der Waals surface area contributed by atoms with E-state index in [1.54, 1.807) is 42.5 Å². The monoisotopic (exact) mass is 550 g/mol. The van der Waals surface area contributed by atoms with Crippen LogP contribution in [0.2, 0.25) is 5.02 Å². The van der Waals surface area contributed by atoms with Crippen molar-refractivity contribution in [2.24, 2.45) is 5.10 Å². The van der Waals surface area contributed by atoms with Gasteiger partial charge in [-0.25, -0.2) is 5.43 Å². The maximum Gasteiger partial charge on any atom is 0.329 e. The number of halogens is 1. The average molecular weight is 551 g/mol. The smallest absolute Gasteiger partial charge is 0.329 e. The first-order valence-corrected chi connectivity index (χ1v) is 12.9. The largest absolute Gasteiger partial charge is 0.494 e. The van der Waals surface area contributed by atoms with Crippen molar-refractivity contribution in [3.05, 3.63) is 82.9 Å². The first-order chi connectivity index (χ1) is 18.9. The van der Waals surface area contributed by atoms with Gasteiger partial charge in [-0.3, -0.25) is 14.4 Å². The second-order valence-electron chi connectivity index (χ2n) is 8.46. The molecule has 10 heteroatoms. The quantitative estimate of drug-likeness (QED) is 0.124. The van der Waals surface area contributed by atoms with Crippen LogP contribution in [-0.2, 0) is 20.8 Å². The maximum absolute atomic E-state index is 12.2. The van der Waals surface area contributed by atoms with Gasteiger partial charge in [0.25, 0.3) is 5.91 Å². The van der Waals surface area contributed by atoms with E-state index in [2.05, 4.69) is 35.0 Å². The van der Waals surface area contributed by atoms with Crippen LogP contribution in [0, 0.1) is 0 Å². The van der Waals surface area contributed by atoms with E-state index in [4.69, 9.17) is 21.1 Å². The van der Waals surface area contributed by atoms with Crippen molar-refractivity contribution in [2.45, 2.75) is 33.1 Å². The van der Waals surface area contributed by atoms with Gasteiger partial charge in [0.15, 0.2) is 6.61 Å². The van der Waals surface area contributed by atoms with Crippen molar-refractivity contribution in [3.63, 3.8) is 0 Å². The molecule has 9 nitrogen and oxygen atoms in total. The second-order valence-corrected chi connectivity index (χ2v) is 8.86. The zero-order valence-electron chi connectivity index (χ0n) is 21.8. The number of anilines is 2. The summed E-state index contributed by atoms with van der Waals surface area (Å²) in [5.74, 6) is -1.12. The van der Waals surface area contributed by atoms with Crippen LogP contribution < -0.4 is 25.5 Å². The van der Waals surface area contributed by atoms with Crippen molar-refractivity contribution >= 4 is 46.9 Å². The van der Waals surface area contributed by atoms with Crippen molar-refractivity contribution in [1.82, 2.24) is 5.43 Å². The Labute approximate surface area is 232 Å². The van der Waals surface area contributed by atoms with Gasteiger partial charge in [0.1, 0.15) is 11.5 Å². The normalized spacial score (nSPS) is 10.6. The molecule has 3 rings (SSSR count). The van der Waals surface area contributed by atoms with Crippen molar-refractivity contribution < 1.29 is 23.9 Å². The lowest BCUT2D eigenvalue weighted by Gasteiger charge is -2.09. The number of hydrazone groups is 1. The molecule has 0 unspecified atom stereocenters. The molecular weight excluding hydrogens is 520 g/mol. The van der Waals surface area contributed by atoms with E-state index < -0.39 is 11.8 Å². The molecule has 0 aliphatic rings. The highest BCUT2D eigenvalue weighted by Crippen LogP contribution is 2.25. The standard InChI is InChI=1S/C29H31ClN4O5/c1-3-5-16-38-24-13-11-23(12-14-24)33-28(36)29(37)34-31-18-21-8-15-26(25(30)17-21)39-19-27(35)32-22-9-6-20(4-2)7-10-22/h6-15,17-18H,3-5,16,19H2,1-2H3,(H,32,35)(H,33,36)(H,34,37)/b31-18-. The van der Waals surface area contributed by atoms with Gasteiger partial charge >= 0.3 is 11.8 Å². The molecule has 0 aliphatic heterocycles. The van der Waals surface area contributed by atoms with Crippen LogP contribution in [0.15, 0.2) is 71.8 Å². The van der Waals surface area contributed by atoms with Gasteiger partial charge in [-0.2, -0.15) is 5.10 Å². The van der Waals surface area contributed by atoms with Crippen LogP contribution in [0.4, 0.5) is 11.4 Å². The molecule has 0 bridgehead atoms. The number of ether oxygens (including phenoxy) is 2. The van der Waals surface area contributed by atoms with Crippen molar-refractivity contribution in [2.75, 3.05) is 23.8 Å². The molecule has 0 spiro atoms. The van der Waals surface area contributed by atoms with E-state index in [1.807, 2.05) is 24.3 Å². The van der Waals surface area contributed by atoms with Gasteiger partial charge in [0.05, 0.1) is 17.8 Å². The Balaban J connectivity index is 1.43. The fourth-order valence-corrected chi connectivity index (χ4v) is 3.50. The predicted octanol–water partition coefficient (Wildman–Crippen LogP) is 5.19. The van der Waals surface area contributed by atoms with E-state index in [0.29, 0.717) is 35.0 Å². The highest BCUT2D eigenvalue weighted by Gasteiger charge is 2.13. The Morgan fingerprint density at radius 1 is 0.872 bits per heavy atom. The first-order valence-electron chi connectivity index (χ1n) is 12.6. The fourth-order valence-electron chi connectivity index (χ4n) is 3.25. The number of hydrogen-bond donors (Lipinski definition) is 3.